The predicted molar refractivity (Wildman–Crippen MR) is 76.0 cm³/mol. The van der Waals surface area contributed by atoms with Crippen molar-refractivity contribution < 1.29 is 9.53 Å². The molecule has 3 heteroatoms. The van der Waals surface area contributed by atoms with Gasteiger partial charge in [0.15, 0.2) is 0 Å². The summed E-state index contributed by atoms with van der Waals surface area (Å²) in [4.78, 5) is 11.9. The second-order valence-electron chi connectivity index (χ2n) is 5.14. The van der Waals surface area contributed by atoms with Crippen molar-refractivity contribution in [3.05, 3.63) is 29.3 Å². The molecular formula is C15H21AsO2. The van der Waals surface area contributed by atoms with E-state index in [-0.39, 0.29) is 27.8 Å². The molecule has 1 aliphatic heterocycles. The van der Waals surface area contributed by atoms with Gasteiger partial charge in [-0.25, -0.2) is 0 Å². The molecule has 0 aromatic heterocycles. The first-order valence-electron chi connectivity index (χ1n) is 6.73. The van der Waals surface area contributed by atoms with Crippen LogP contribution in [0.15, 0.2) is 18.2 Å². The molecule has 1 heterocycles. The molecule has 0 radical (unpaired) electrons. The molecule has 2 atom stereocenters. The van der Waals surface area contributed by atoms with E-state index >= 15 is 0 Å². The summed E-state index contributed by atoms with van der Waals surface area (Å²) in [6.07, 6.45) is 3.20. The zero-order valence-corrected chi connectivity index (χ0v) is 13.4. The van der Waals surface area contributed by atoms with E-state index in [4.69, 9.17) is 4.74 Å². The number of rotatable bonds is 5. The number of esters is 1. The SMILES string of the molecule is CCCCC1OC(=O)c2cc([AsH]C(C)C)ccc21. The van der Waals surface area contributed by atoms with Crippen LogP contribution in [0, 0.1) is 0 Å². The molecule has 2 rings (SSSR count). The summed E-state index contributed by atoms with van der Waals surface area (Å²) < 4.78 is 7.56. The third kappa shape index (κ3) is 2.98. The van der Waals surface area contributed by atoms with Gasteiger partial charge in [0.25, 0.3) is 0 Å². The van der Waals surface area contributed by atoms with Crippen LogP contribution >= 0.6 is 0 Å². The summed E-state index contributed by atoms with van der Waals surface area (Å²) in [5.41, 5.74) is 1.92. The Kier molecular flexibility index (Phi) is 4.50. The molecule has 0 bridgehead atoms. The average Bonchev–Trinajstić information content (AvgIpc) is 2.63. The Labute approximate surface area is 116 Å². The number of benzene rings is 1. The molecule has 0 fully saturated rings. The van der Waals surface area contributed by atoms with Crippen LogP contribution in [0.2, 0.25) is 4.71 Å². The number of ether oxygens (including phenoxy) is 1. The van der Waals surface area contributed by atoms with Gasteiger partial charge in [-0.2, -0.15) is 0 Å². The van der Waals surface area contributed by atoms with E-state index in [0.29, 0.717) is 0 Å². The molecule has 18 heavy (non-hydrogen) atoms. The van der Waals surface area contributed by atoms with Crippen molar-refractivity contribution in [3.8, 4) is 0 Å². The summed E-state index contributed by atoms with van der Waals surface area (Å²) in [5, 5.41) is 0. The first-order valence-corrected chi connectivity index (χ1v) is 8.99. The Morgan fingerprint density at radius 2 is 2.17 bits per heavy atom. The molecule has 1 aromatic carbocycles. The fourth-order valence-electron chi connectivity index (χ4n) is 2.30. The Bertz CT molecular complexity index is 440. The zero-order chi connectivity index (χ0) is 13.1. The van der Waals surface area contributed by atoms with Crippen molar-refractivity contribution in [3.63, 3.8) is 0 Å². The Morgan fingerprint density at radius 3 is 2.83 bits per heavy atom. The van der Waals surface area contributed by atoms with Gasteiger partial charge in [-0.1, -0.05) is 0 Å². The van der Waals surface area contributed by atoms with E-state index in [0.717, 1.165) is 35.1 Å². The van der Waals surface area contributed by atoms with E-state index in [1.54, 1.807) is 0 Å². The average molecular weight is 308 g/mol. The number of unbranched alkanes of at least 4 members (excludes halogenated alkanes) is 1. The number of hydrogen-bond donors (Lipinski definition) is 0. The second kappa shape index (κ2) is 5.93. The van der Waals surface area contributed by atoms with Gasteiger partial charge >= 0.3 is 116 Å². The molecule has 0 N–H and O–H groups in total. The van der Waals surface area contributed by atoms with Gasteiger partial charge in [-0.3, -0.25) is 0 Å². The fraction of sp³-hybridized carbons (Fsp3) is 0.533. The fourth-order valence-corrected chi connectivity index (χ4v) is 4.55. The van der Waals surface area contributed by atoms with Crippen molar-refractivity contribution in [2.24, 2.45) is 0 Å². The Hall–Kier alpha value is -0.752. The Balaban J connectivity index is 2.20. The van der Waals surface area contributed by atoms with Gasteiger partial charge in [0.2, 0.25) is 0 Å². The topological polar surface area (TPSA) is 26.3 Å². The first kappa shape index (κ1) is 13.7. The molecule has 0 saturated heterocycles. The standard InChI is InChI=1S/C15H21AsO2/c1-4-5-6-14-12-8-7-11(16-10(2)3)9-13(12)15(17)18-14/h7-10,14,16H,4-6H2,1-3H3. The quantitative estimate of drug-likeness (QED) is 0.617. The minimum atomic E-state index is -0.132. The predicted octanol–water partition coefficient (Wildman–Crippen LogP) is 2.98. The van der Waals surface area contributed by atoms with Crippen molar-refractivity contribution in [1.29, 1.82) is 0 Å². The van der Waals surface area contributed by atoms with Crippen LogP contribution in [0.5, 0.6) is 0 Å². The molecule has 0 spiro atoms. The number of fused-ring (bicyclic) bond motifs is 1. The number of hydrogen-bond acceptors (Lipinski definition) is 2. The molecule has 0 amide bonds. The first-order chi connectivity index (χ1) is 8.61. The van der Waals surface area contributed by atoms with E-state index in [1.165, 1.54) is 4.35 Å². The normalized spacial score (nSPS) is 18.7. The molecule has 98 valence electrons. The van der Waals surface area contributed by atoms with Crippen LogP contribution in [-0.4, -0.2) is 21.7 Å². The van der Waals surface area contributed by atoms with Gasteiger partial charge < -0.3 is 0 Å². The number of carbonyl (C=O) groups excluding carboxylic acids is 1. The molecule has 2 unspecified atom stereocenters. The maximum atomic E-state index is 11.9. The van der Waals surface area contributed by atoms with Crippen molar-refractivity contribution >= 4 is 26.1 Å². The van der Waals surface area contributed by atoms with Crippen LogP contribution < -0.4 is 4.35 Å². The third-order valence-electron chi connectivity index (χ3n) is 3.14. The summed E-state index contributed by atoms with van der Waals surface area (Å²) >= 11 is -0.132. The summed E-state index contributed by atoms with van der Waals surface area (Å²) in [7, 11) is 0. The minimum absolute atomic E-state index is 0.000509. The van der Waals surface area contributed by atoms with E-state index in [9.17, 15) is 4.79 Å². The van der Waals surface area contributed by atoms with E-state index < -0.39 is 0 Å². The summed E-state index contributed by atoms with van der Waals surface area (Å²) in [6, 6.07) is 6.38. The number of carbonyl (C=O) groups is 1. The van der Waals surface area contributed by atoms with Gasteiger partial charge in [0, 0.05) is 0 Å². The zero-order valence-electron chi connectivity index (χ0n) is 11.3. The molecule has 0 aliphatic carbocycles. The van der Waals surface area contributed by atoms with Crippen molar-refractivity contribution in [2.75, 3.05) is 0 Å². The second-order valence-corrected chi connectivity index (χ2v) is 9.38. The van der Waals surface area contributed by atoms with Gasteiger partial charge in [0.1, 0.15) is 0 Å². The summed E-state index contributed by atoms with van der Waals surface area (Å²) in [5.74, 6) is -0.122. The summed E-state index contributed by atoms with van der Waals surface area (Å²) in [6.45, 7) is 6.65. The van der Waals surface area contributed by atoms with Crippen molar-refractivity contribution in [2.45, 2.75) is 50.8 Å². The van der Waals surface area contributed by atoms with Gasteiger partial charge in [-0.15, -0.1) is 0 Å². The molecular weight excluding hydrogens is 287 g/mol. The van der Waals surface area contributed by atoms with E-state index in [2.05, 4.69) is 39.0 Å². The van der Waals surface area contributed by atoms with Gasteiger partial charge in [0.05, 0.1) is 0 Å². The van der Waals surface area contributed by atoms with Crippen LogP contribution in [0.1, 0.15) is 62.1 Å². The van der Waals surface area contributed by atoms with Crippen LogP contribution in [0.3, 0.4) is 0 Å². The van der Waals surface area contributed by atoms with E-state index in [1.807, 2.05) is 0 Å². The van der Waals surface area contributed by atoms with Crippen LogP contribution in [-0.2, 0) is 4.74 Å². The molecule has 1 aliphatic rings. The van der Waals surface area contributed by atoms with Gasteiger partial charge in [-0.05, 0) is 0 Å². The molecule has 0 saturated carbocycles. The third-order valence-corrected chi connectivity index (χ3v) is 5.71. The Morgan fingerprint density at radius 1 is 1.39 bits per heavy atom. The number of cyclic esters (lactones) is 1. The van der Waals surface area contributed by atoms with Crippen LogP contribution in [0.4, 0.5) is 0 Å². The van der Waals surface area contributed by atoms with Crippen LogP contribution in [0.25, 0.3) is 0 Å². The monoisotopic (exact) mass is 308 g/mol. The van der Waals surface area contributed by atoms with Crippen molar-refractivity contribution in [1.82, 2.24) is 0 Å². The maximum absolute atomic E-state index is 11.9. The molecule has 1 aromatic rings. The molecule has 2 nitrogen and oxygen atoms in total.